The molecule has 2 aliphatic heterocycles. The molecule has 58 heavy (non-hydrogen) atoms. The molecule has 3 aromatic heterocycles. The third-order valence-corrected chi connectivity index (χ3v) is 11.4. The summed E-state index contributed by atoms with van der Waals surface area (Å²) in [5.41, 5.74) is 14.8. The van der Waals surface area contributed by atoms with Gasteiger partial charge >= 0.3 is 0 Å². The van der Waals surface area contributed by atoms with Gasteiger partial charge < -0.3 is 9.97 Å². The largest absolute Gasteiger partial charge is 0.354 e. The zero-order valence-electron chi connectivity index (χ0n) is 36.8. The van der Waals surface area contributed by atoms with E-state index in [9.17, 15) is 9.59 Å². The quantitative estimate of drug-likeness (QED) is 0.174. The van der Waals surface area contributed by atoms with Crippen molar-refractivity contribution in [2.75, 3.05) is 0 Å². The highest BCUT2D eigenvalue weighted by Crippen LogP contribution is 2.40. The average Bonchev–Trinajstić information content (AvgIpc) is 3.94. The van der Waals surface area contributed by atoms with Crippen molar-refractivity contribution in [1.29, 1.82) is 0 Å². The minimum atomic E-state index is -0.115. The van der Waals surface area contributed by atoms with Crippen LogP contribution in [-0.2, 0) is 21.7 Å². The molecule has 0 unspecified atom stereocenters. The Morgan fingerprint density at radius 1 is 0.414 bits per heavy atom. The van der Waals surface area contributed by atoms with E-state index in [1.54, 1.807) is 13.8 Å². The molecule has 6 heteroatoms. The molecule has 0 spiro atoms. The fourth-order valence-corrected chi connectivity index (χ4v) is 7.83. The van der Waals surface area contributed by atoms with Crippen molar-refractivity contribution in [2.45, 2.75) is 119 Å². The number of hydrogen-bond donors (Lipinski definition) is 2. The Hall–Kier alpha value is -5.62. The van der Waals surface area contributed by atoms with Gasteiger partial charge in [-0.1, -0.05) is 119 Å². The van der Waals surface area contributed by atoms with Crippen LogP contribution in [-0.4, -0.2) is 31.5 Å². The number of aromatic nitrogens is 4. The maximum atomic E-state index is 13.7. The van der Waals surface area contributed by atoms with Crippen LogP contribution in [0.4, 0.5) is 0 Å². The van der Waals surface area contributed by atoms with Gasteiger partial charge in [-0.3, -0.25) is 9.59 Å². The molecule has 5 heterocycles. The van der Waals surface area contributed by atoms with Crippen molar-refractivity contribution < 1.29 is 9.59 Å². The summed E-state index contributed by atoms with van der Waals surface area (Å²) in [5.74, 6) is -0.179. The normalized spacial score (nSPS) is 13.3. The summed E-state index contributed by atoms with van der Waals surface area (Å²) >= 11 is 0. The van der Waals surface area contributed by atoms with Crippen LogP contribution < -0.4 is 0 Å². The fourth-order valence-electron chi connectivity index (χ4n) is 7.83. The maximum Gasteiger partial charge on any atom is 0.164 e. The Labute approximate surface area is 344 Å². The maximum absolute atomic E-state index is 13.7. The molecule has 0 atom stereocenters. The van der Waals surface area contributed by atoms with Gasteiger partial charge in [0.05, 0.1) is 44.9 Å². The summed E-state index contributed by atoms with van der Waals surface area (Å²) in [7, 11) is 0. The molecule has 298 valence electrons. The second kappa shape index (κ2) is 14.0. The zero-order valence-corrected chi connectivity index (χ0v) is 36.8. The lowest BCUT2D eigenvalue weighted by molar-refractivity contribution is 0.101. The average molecular weight is 771 g/mol. The molecule has 0 amide bonds. The lowest BCUT2D eigenvalue weighted by atomic mass is 9.78. The van der Waals surface area contributed by atoms with Crippen molar-refractivity contribution in [1.82, 2.24) is 19.9 Å². The fraction of sp³-hybridized carbons (Fsp3) is 0.346. The number of nitrogens with one attached hydrogen (secondary N) is 2. The number of Topliss-reactive ketones (excluding diaryl/α,β-unsaturated/α-hetero) is 2. The number of carbonyl (C=O) groups is 2. The molecule has 7 rings (SSSR count). The molecule has 0 saturated heterocycles. The van der Waals surface area contributed by atoms with E-state index in [0.717, 1.165) is 44.7 Å². The van der Waals surface area contributed by atoms with Gasteiger partial charge in [0.2, 0.25) is 0 Å². The molecular formula is C52H58N4O2. The van der Waals surface area contributed by atoms with E-state index in [4.69, 9.17) is 9.97 Å². The lowest BCUT2D eigenvalue weighted by Gasteiger charge is -2.26. The summed E-state index contributed by atoms with van der Waals surface area (Å²) in [6.45, 7) is 30.0. The molecule has 0 aliphatic carbocycles. The predicted molar refractivity (Wildman–Crippen MR) is 245 cm³/mol. The minimum Gasteiger partial charge on any atom is -0.354 e. The first-order valence-electron chi connectivity index (χ1n) is 20.4. The van der Waals surface area contributed by atoms with Crippen molar-refractivity contribution in [3.63, 3.8) is 0 Å². The van der Waals surface area contributed by atoms with Crippen LogP contribution >= 0.6 is 0 Å². The number of H-pyrrole nitrogens is 2. The van der Waals surface area contributed by atoms with Gasteiger partial charge in [-0.05, 0) is 117 Å². The van der Waals surface area contributed by atoms with Gasteiger partial charge in [-0.25, -0.2) is 9.97 Å². The summed E-state index contributed by atoms with van der Waals surface area (Å²) in [5, 5.41) is 0. The number of carbonyl (C=O) groups excluding carboxylic acids is 2. The van der Waals surface area contributed by atoms with Crippen LogP contribution in [0.3, 0.4) is 0 Å². The van der Waals surface area contributed by atoms with Crippen molar-refractivity contribution in [2.24, 2.45) is 0 Å². The Kier molecular flexibility index (Phi) is 9.82. The number of ketones is 2. The standard InChI is InChI=1S/C52H58N4O2/c1-29(57)45-37-15-19-41(53-37)47(31-23-33(49(3,4)5)27-34(24-31)50(6,7)8)43-21-17-39(55-43)46(30(2)58)40-18-22-44(56-40)48(42-20-16-38(45)54-42)32-25-35(51(9,10)11)28-36(26-32)52(12,13)14/h15-28,53,56H,1-14H3. The first kappa shape index (κ1) is 40.6. The smallest absolute Gasteiger partial charge is 0.164 e. The van der Waals surface area contributed by atoms with Crippen LogP contribution in [0.2, 0.25) is 0 Å². The van der Waals surface area contributed by atoms with Gasteiger partial charge in [0, 0.05) is 22.2 Å². The summed E-state index contributed by atoms with van der Waals surface area (Å²) in [6, 6.07) is 21.6. The minimum absolute atomic E-state index is 0.0895. The molecular weight excluding hydrogens is 713 g/mol. The van der Waals surface area contributed by atoms with Gasteiger partial charge in [-0.15, -0.1) is 0 Å². The molecule has 0 fully saturated rings. The number of nitrogens with zero attached hydrogens (tertiary/aromatic N) is 2. The first-order valence-corrected chi connectivity index (χ1v) is 20.4. The van der Waals surface area contributed by atoms with E-state index in [-0.39, 0.29) is 33.2 Å². The number of benzene rings is 2. The van der Waals surface area contributed by atoms with Crippen LogP contribution in [0.1, 0.15) is 163 Å². The lowest BCUT2D eigenvalue weighted by Crippen LogP contribution is -2.16. The predicted octanol–water partition coefficient (Wildman–Crippen LogP) is 13.6. The van der Waals surface area contributed by atoms with Crippen molar-refractivity contribution >= 4 is 57.9 Å². The number of fused-ring (bicyclic) bond motifs is 8. The summed E-state index contributed by atoms with van der Waals surface area (Å²) in [4.78, 5) is 45.2. The molecule has 8 bridgehead atoms. The van der Waals surface area contributed by atoms with E-state index in [2.05, 4.69) is 129 Å². The molecule has 0 radical (unpaired) electrons. The topological polar surface area (TPSA) is 91.5 Å². The highest BCUT2D eigenvalue weighted by atomic mass is 16.1. The van der Waals surface area contributed by atoms with Gasteiger partial charge in [0.25, 0.3) is 0 Å². The molecule has 5 aromatic rings. The molecule has 2 N–H and O–H groups in total. The molecule has 2 aromatic carbocycles. The highest BCUT2D eigenvalue weighted by Gasteiger charge is 2.26. The van der Waals surface area contributed by atoms with E-state index >= 15 is 0 Å². The Bertz CT molecular complexity index is 2500. The van der Waals surface area contributed by atoms with E-state index in [1.165, 1.54) is 22.3 Å². The number of rotatable bonds is 4. The molecule has 0 saturated carbocycles. The Balaban J connectivity index is 1.67. The Morgan fingerprint density at radius 2 is 0.690 bits per heavy atom. The Morgan fingerprint density at radius 3 is 0.966 bits per heavy atom. The van der Waals surface area contributed by atoms with E-state index < -0.39 is 0 Å². The highest BCUT2D eigenvalue weighted by molar-refractivity contribution is 6.08. The monoisotopic (exact) mass is 770 g/mol. The SMILES string of the molecule is CC(=O)c1c2nc(c(-c3cc(C(C)(C)C)cc(C(C)(C)C)c3)c3ccc([nH]3)c(C(C)=O)c3nc(c(-c4cc(C(C)(C)C)cc(C(C)(C)C)c4)c4ccc1[nH]4)C=C3)C=C2. The van der Waals surface area contributed by atoms with E-state index in [0.29, 0.717) is 33.5 Å². The van der Waals surface area contributed by atoms with Crippen LogP contribution in [0.5, 0.6) is 0 Å². The number of hydrogen-bond acceptors (Lipinski definition) is 4. The second-order valence-corrected chi connectivity index (χ2v) is 20.2. The third-order valence-electron chi connectivity index (χ3n) is 11.4. The van der Waals surface area contributed by atoms with Crippen LogP contribution in [0.15, 0.2) is 60.7 Å². The van der Waals surface area contributed by atoms with Crippen LogP contribution in [0, 0.1) is 0 Å². The second-order valence-electron chi connectivity index (χ2n) is 20.2. The van der Waals surface area contributed by atoms with Crippen molar-refractivity contribution in [3.05, 3.63) is 117 Å². The van der Waals surface area contributed by atoms with Gasteiger partial charge in [0.1, 0.15) is 0 Å². The van der Waals surface area contributed by atoms with Gasteiger partial charge in [-0.2, -0.15) is 0 Å². The molecule has 2 aliphatic rings. The van der Waals surface area contributed by atoms with Crippen LogP contribution in [0.25, 0.3) is 68.6 Å². The summed E-state index contributed by atoms with van der Waals surface area (Å²) < 4.78 is 0. The van der Waals surface area contributed by atoms with E-state index in [1.807, 2.05) is 48.6 Å². The summed E-state index contributed by atoms with van der Waals surface area (Å²) in [6.07, 6.45) is 7.88. The third kappa shape index (κ3) is 7.69. The van der Waals surface area contributed by atoms with Crippen molar-refractivity contribution in [3.8, 4) is 22.3 Å². The molecule has 6 nitrogen and oxygen atoms in total. The number of aromatic amines is 2. The van der Waals surface area contributed by atoms with Gasteiger partial charge in [0.15, 0.2) is 11.6 Å². The first-order chi connectivity index (χ1) is 26.9. The zero-order chi connectivity index (χ0) is 42.3.